The molecule has 132 valence electrons. The summed E-state index contributed by atoms with van der Waals surface area (Å²) in [4.78, 5) is 14.7. The summed E-state index contributed by atoms with van der Waals surface area (Å²) in [6.45, 7) is 5.21. The summed E-state index contributed by atoms with van der Waals surface area (Å²) in [6, 6.07) is 14.4. The summed E-state index contributed by atoms with van der Waals surface area (Å²) in [5.41, 5.74) is 2.52. The van der Waals surface area contributed by atoms with Crippen LogP contribution in [0.15, 0.2) is 53.4 Å². The van der Waals surface area contributed by atoms with Crippen molar-refractivity contribution in [3.05, 3.63) is 65.2 Å². The Morgan fingerprint density at radius 3 is 2.24 bits per heavy atom. The third-order valence-electron chi connectivity index (χ3n) is 4.53. The largest absolute Gasteiger partial charge is 0.336 e. The van der Waals surface area contributed by atoms with E-state index in [2.05, 4.69) is 0 Å². The molecule has 3 rings (SSSR count). The molecule has 0 N–H and O–H groups in total. The molecule has 2 aromatic carbocycles. The topological polar surface area (TPSA) is 57.7 Å². The summed E-state index contributed by atoms with van der Waals surface area (Å²) in [6.07, 6.45) is 0. The lowest BCUT2D eigenvalue weighted by Gasteiger charge is -2.34. The Kier molecular flexibility index (Phi) is 4.92. The van der Waals surface area contributed by atoms with Gasteiger partial charge < -0.3 is 4.90 Å². The molecule has 6 heteroatoms. The van der Waals surface area contributed by atoms with Crippen LogP contribution in [0.5, 0.6) is 0 Å². The molecule has 25 heavy (non-hydrogen) atoms. The van der Waals surface area contributed by atoms with Crippen LogP contribution in [-0.2, 0) is 10.0 Å². The molecule has 1 amide bonds. The highest BCUT2D eigenvalue weighted by Gasteiger charge is 2.30. The average molecular weight is 358 g/mol. The highest BCUT2D eigenvalue weighted by molar-refractivity contribution is 7.89. The van der Waals surface area contributed by atoms with E-state index in [4.69, 9.17) is 0 Å². The van der Waals surface area contributed by atoms with Crippen LogP contribution in [0.4, 0.5) is 0 Å². The first-order valence-corrected chi connectivity index (χ1v) is 9.75. The van der Waals surface area contributed by atoms with Crippen LogP contribution in [0.25, 0.3) is 0 Å². The van der Waals surface area contributed by atoms with Gasteiger partial charge in [0.25, 0.3) is 5.91 Å². The van der Waals surface area contributed by atoms with Crippen LogP contribution in [0.3, 0.4) is 0 Å². The van der Waals surface area contributed by atoms with Gasteiger partial charge in [-0.3, -0.25) is 4.79 Å². The molecule has 1 saturated heterocycles. The van der Waals surface area contributed by atoms with Crippen molar-refractivity contribution < 1.29 is 13.2 Å². The molecule has 0 unspecified atom stereocenters. The van der Waals surface area contributed by atoms with E-state index in [-0.39, 0.29) is 5.91 Å². The molecular weight excluding hydrogens is 336 g/mol. The number of amides is 1. The van der Waals surface area contributed by atoms with E-state index in [9.17, 15) is 13.2 Å². The number of hydrogen-bond donors (Lipinski definition) is 0. The number of aryl methyl sites for hydroxylation is 2. The zero-order chi connectivity index (χ0) is 18.0. The number of sulfonamides is 1. The smallest absolute Gasteiger partial charge is 0.254 e. The predicted octanol–water partition coefficient (Wildman–Crippen LogP) is 2.45. The average Bonchev–Trinajstić information content (AvgIpc) is 2.62. The molecule has 0 spiro atoms. The zero-order valence-corrected chi connectivity index (χ0v) is 15.3. The number of carbonyl (C=O) groups is 1. The van der Waals surface area contributed by atoms with Gasteiger partial charge in [-0.05, 0) is 43.2 Å². The first kappa shape index (κ1) is 17.6. The van der Waals surface area contributed by atoms with Gasteiger partial charge in [-0.15, -0.1) is 0 Å². The van der Waals surface area contributed by atoms with Gasteiger partial charge in [-0.25, -0.2) is 8.42 Å². The van der Waals surface area contributed by atoms with Crippen molar-refractivity contribution >= 4 is 15.9 Å². The van der Waals surface area contributed by atoms with Gasteiger partial charge >= 0.3 is 0 Å². The summed E-state index contributed by atoms with van der Waals surface area (Å²) < 4.78 is 27.0. The number of benzene rings is 2. The predicted molar refractivity (Wildman–Crippen MR) is 97.0 cm³/mol. The zero-order valence-electron chi connectivity index (χ0n) is 14.5. The minimum atomic E-state index is -3.51. The van der Waals surface area contributed by atoms with Gasteiger partial charge in [0.05, 0.1) is 4.90 Å². The van der Waals surface area contributed by atoms with Crippen molar-refractivity contribution in [2.45, 2.75) is 18.7 Å². The van der Waals surface area contributed by atoms with Crippen LogP contribution >= 0.6 is 0 Å². The summed E-state index contributed by atoms with van der Waals surface area (Å²) in [5, 5.41) is 0. The van der Waals surface area contributed by atoms with Gasteiger partial charge in [-0.2, -0.15) is 4.31 Å². The summed E-state index contributed by atoms with van der Waals surface area (Å²) in [7, 11) is -3.51. The van der Waals surface area contributed by atoms with Crippen molar-refractivity contribution in [1.82, 2.24) is 9.21 Å². The highest BCUT2D eigenvalue weighted by Crippen LogP contribution is 2.20. The fraction of sp³-hybridized carbons (Fsp3) is 0.316. The van der Waals surface area contributed by atoms with Crippen molar-refractivity contribution in [2.75, 3.05) is 26.2 Å². The van der Waals surface area contributed by atoms with Crippen LogP contribution in [-0.4, -0.2) is 49.7 Å². The number of carbonyl (C=O) groups excluding carboxylic acids is 1. The molecule has 1 aliphatic heterocycles. The number of nitrogens with zero attached hydrogens (tertiary/aromatic N) is 2. The Morgan fingerprint density at radius 1 is 0.920 bits per heavy atom. The van der Waals surface area contributed by atoms with E-state index >= 15 is 0 Å². The second-order valence-electron chi connectivity index (χ2n) is 6.33. The molecule has 1 fully saturated rings. The Hall–Kier alpha value is -2.18. The maximum atomic E-state index is 12.8. The van der Waals surface area contributed by atoms with Crippen LogP contribution in [0.1, 0.15) is 21.5 Å². The molecule has 0 aromatic heterocycles. The molecule has 0 aliphatic carbocycles. The molecular formula is C19H22N2O3S. The van der Waals surface area contributed by atoms with Gasteiger partial charge in [-0.1, -0.05) is 30.3 Å². The second kappa shape index (κ2) is 6.98. The second-order valence-corrected chi connectivity index (χ2v) is 8.27. The highest BCUT2D eigenvalue weighted by atomic mass is 32.2. The SMILES string of the molecule is Cc1cccc(S(=O)(=O)N2CCN(C(=O)c3ccccc3C)CC2)c1. The van der Waals surface area contributed by atoms with Gasteiger partial charge in [0.1, 0.15) is 0 Å². The minimum absolute atomic E-state index is 0.0364. The van der Waals surface area contributed by atoms with Crippen LogP contribution < -0.4 is 0 Å². The number of rotatable bonds is 3. The monoisotopic (exact) mass is 358 g/mol. The molecule has 0 radical (unpaired) electrons. The maximum Gasteiger partial charge on any atom is 0.254 e. The van der Waals surface area contributed by atoms with E-state index in [1.165, 1.54) is 4.31 Å². The van der Waals surface area contributed by atoms with E-state index in [0.717, 1.165) is 11.1 Å². The van der Waals surface area contributed by atoms with Gasteiger partial charge in [0, 0.05) is 31.7 Å². The van der Waals surface area contributed by atoms with E-state index in [1.54, 1.807) is 23.1 Å². The molecule has 2 aromatic rings. The quantitative estimate of drug-likeness (QED) is 0.847. The molecule has 1 heterocycles. The summed E-state index contributed by atoms with van der Waals surface area (Å²) >= 11 is 0. The Morgan fingerprint density at radius 2 is 1.60 bits per heavy atom. The van der Waals surface area contributed by atoms with Gasteiger partial charge in [0.2, 0.25) is 10.0 Å². The fourth-order valence-corrected chi connectivity index (χ4v) is 4.57. The van der Waals surface area contributed by atoms with E-state index < -0.39 is 10.0 Å². The van der Waals surface area contributed by atoms with E-state index in [1.807, 2.05) is 44.2 Å². The lowest BCUT2D eigenvalue weighted by atomic mass is 10.1. The van der Waals surface area contributed by atoms with Gasteiger partial charge in [0.15, 0.2) is 0 Å². The van der Waals surface area contributed by atoms with Crippen molar-refractivity contribution in [3.8, 4) is 0 Å². The lowest BCUT2D eigenvalue weighted by molar-refractivity contribution is 0.0697. The lowest BCUT2D eigenvalue weighted by Crippen LogP contribution is -2.50. The molecule has 0 saturated carbocycles. The number of piperazine rings is 1. The Balaban J connectivity index is 1.72. The number of hydrogen-bond acceptors (Lipinski definition) is 3. The van der Waals surface area contributed by atoms with E-state index in [0.29, 0.717) is 36.6 Å². The normalized spacial score (nSPS) is 16.0. The fourth-order valence-electron chi connectivity index (χ4n) is 3.04. The third-order valence-corrected chi connectivity index (χ3v) is 6.42. The first-order valence-electron chi connectivity index (χ1n) is 8.31. The summed E-state index contributed by atoms with van der Waals surface area (Å²) in [5.74, 6) is -0.0364. The van der Waals surface area contributed by atoms with Crippen molar-refractivity contribution in [2.24, 2.45) is 0 Å². The standard InChI is InChI=1S/C19H22N2O3S/c1-15-6-5-8-17(14-15)25(23,24)21-12-10-20(11-13-21)19(22)18-9-4-3-7-16(18)2/h3-9,14H,10-13H2,1-2H3. The molecule has 5 nitrogen and oxygen atoms in total. The van der Waals surface area contributed by atoms with Crippen molar-refractivity contribution in [1.29, 1.82) is 0 Å². The third kappa shape index (κ3) is 3.60. The van der Waals surface area contributed by atoms with Crippen molar-refractivity contribution in [3.63, 3.8) is 0 Å². The molecule has 0 atom stereocenters. The van der Waals surface area contributed by atoms with Crippen LogP contribution in [0.2, 0.25) is 0 Å². The van der Waals surface area contributed by atoms with Crippen LogP contribution in [0, 0.1) is 13.8 Å². The molecule has 1 aliphatic rings. The Labute approximate surface area is 148 Å². The first-order chi connectivity index (χ1) is 11.9. The molecule has 0 bridgehead atoms. The Bertz CT molecular complexity index is 885. The maximum absolute atomic E-state index is 12.8. The minimum Gasteiger partial charge on any atom is -0.336 e.